The zero-order valence-corrected chi connectivity index (χ0v) is 20.9. The number of fused-ring (bicyclic) bond motifs is 1. The van der Waals surface area contributed by atoms with Crippen LogP contribution in [-0.4, -0.2) is 50.3 Å². The monoisotopic (exact) mass is 476 g/mol. The molecule has 0 radical (unpaired) electrons. The molecule has 0 aliphatic rings. The van der Waals surface area contributed by atoms with Gasteiger partial charge in [-0.25, -0.2) is 4.98 Å². The van der Waals surface area contributed by atoms with Gasteiger partial charge in [-0.2, -0.15) is 0 Å². The lowest BCUT2D eigenvalue weighted by atomic mass is 10.2. The second kappa shape index (κ2) is 11.4. The average Bonchev–Trinajstić information content (AvgIpc) is 3.18. The Labute approximate surface area is 204 Å². The first-order valence-corrected chi connectivity index (χ1v) is 11.5. The summed E-state index contributed by atoms with van der Waals surface area (Å²) in [6.45, 7) is 6.17. The van der Waals surface area contributed by atoms with Gasteiger partial charge in [0, 0.05) is 32.4 Å². The number of aromatic nitrogens is 4. The van der Waals surface area contributed by atoms with E-state index in [0.717, 1.165) is 28.0 Å². The number of nitrogens with one attached hydrogen (secondary N) is 2. The van der Waals surface area contributed by atoms with Gasteiger partial charge in [0.1, 0.15) is 17.0 Å². The van der Waals surface area contributed by atoms with Crippen LogP contribution in [0.25, 0.3) is 17.1 Å². The molecule has 0 aliphatic carbocycles. The van der Waals surface area contributed by atoms with Gasteiger partial charge >= 0.3 is 0 Å². The number of aromatic amines is 1. The number of anilines is 1. The summed E-state index contributed by atoms with van der Waals surface area (Å²) in [5.41, 5.74) is 4.31. The third-order valence-corrected chi connectivity index (χ3v) is 5.19. The zero-order valence-electron chi connectivity index (χ0n) is 20.9. The molecule has 0 fully saturated rings. The van der Waals surface area contributed by atoms with Gasteiger partial charge in [-0.15, -0.1) is 0 Å². The molecule has 0 saturated carbocycles. The minimum atomic E-state index is -0.309. The van der Waals surface area contributed by atoms with Crippen molar-refractivity contribution in [3.05, 3.63) is 69.7 Å². The molecule has 0 saturated heterocycles. The van der Waals surface area contributed by atoms with Crippen LogP contribution >= 0.6 is 0 Å². The molecule has 3 aromatic rings. The largest absolute Gasteiger partial charge is 0.345 e. The summed E-state index contributed by atoms with van der Waals surface area (Å²) < 4.78 is 1.50. The van der Waals surface area contributed by atoms with Crippen LogP contribution in [-0.2, 0) is 16.1 Å². The van der Waals surface area contributed by atoms with Gasteiger partial charge in [0.25, 0.3) is 5.56 Å². The predicted molar refractivity (Wildman–Crippen MR) is 138 cm³/mol. The number of likely N-dealkylation sites (N-methyl/N-ethyl adjacent to an activating group) is 1. The van der Waals surface area contributed by atoms with Crippen LogP contribution in [0.3, 0.4) is 0 Å². The van der Waals surface area contributed by atoms with Gasteiger partial charge in [0.05, 0.1) is 17.8 Å². The highest BCUT2D eigenvalue weighted by Gasteiger charge is 2.12. The number of nitrogens with zero attached hydrogens (tertiary/aromatic N) is 4. The molecule has 184 valence electrons. The number of aryl methyl sites for hydroxylation is 1. The predicted octanol–water partition coefficient (Wildman–Crippen LogP) is 3.65. The van der Waals surface area contributed by atoms with Crippen LogP contribution in [0, 0.1) is 6.92 Å². The summed E-state index contributed by atoms with van der Waals surface area (Å²) in [4.78, 5) is 50.8. The molecule has 2 N–H and O–H groups in total. The third-order valence-electron chi connectivity index (χ3n) is 5.19. The summed E-state index contributed by atoms with van der Waals surface area (Å²) in [5.74, 6) is 0.285. The number of allylic oxidation sites excluding steroid dienone is 2. The Kier molecular flexibility index (Phi) is 8.35. The van der Waals surface area contributed by atoms with E-state index >= 15 is 0 Å². The van der Waals surface area contributed by atoms with E-state index in [1.54, 1.807) is 38.5 Å². The lowest BCUT2D eigenvalue weighted by Crippen LogP contribution is -2.26. The smallest absolute Gasteiger partial charge is 0.274 e. The number of hydrogen-bond donors (Lipinski definition) is 2. The summed E-state index contributed by atoms with van der Waals surface area (Å²) in [6, 6.07) is 5.24. The summed E-state index contributed by atoms with van der Waals surface area (Å²) in [5, 5.41) is 2.70. The Morgan fingerprint density at radius 2 is 2.00 bits per heavy atom. The Balaban J connectivity index is 1.68. The number of unbranched alkanes of at least 4 members (excludes halogenated alkanes) is 1. The fourth-order valence-electron chi connectivity index (χ4n) is 3.51. The van der Waals surface area contributed by atoms with Crippen molar-refractivity contribution < 1.29 is 9.59 Å². The van der Waals surface area contributed by atoms with E-state index in [4.69, 9.17) is 0 Å². The second-order valence-electron chi connectivity index (χ2n) is 8.88. The van der Waals surface area contributed by atoms with Crippen molar-refractivity contribution in [3.63, 3.8) is 0 Å². The van der Waals surface area contributed by atoms with Crippen molar-refractivity contribution in [2.75, 3.05) is 19.4 Å². The lowest BCUT2D eigenvalue weighted by molar-refractivity contribution is -0.123. The van der Waals surface area contributed by atoms with E-state index < -0.39 is 0 Å². The van der Waals surface area contributed by atoms with Crippen LogP contribution in [0.2, 0.25) is 0 Å². The molecule has 9 nitrogen and oxygen atoms in total. The highest BCUT2D eigenvalue weighted by Crippen LogP contribution is 2.19. The highest BCUT2D eigenvalue weighted by atomic mass is 16.2. The number of carbonyl (C=O) groups is 2. The SMILES string of the molecule is CC(C)=Cc1nc(C)cc2[nH]c(Cn3cccc(NC(=O)CCC/C=C/C(=O)N(C)C)c3=O)nc12. The van der Waals surface area contributed by atoms with Gasteiger partial charge in [-0.1, -0.05) is 11.6 Å². The van der Waals surface area contributed by atoms with Gasteiger partial charge in [0.15, 0.2) is 0 Å². The van der Waals surface area contributed by atoms with Crippen LogP contribution in [0.1, 0.15) is 50.3 Å². The van der Waals surface area contributed by atoms with Crippen molar-refractivity contribution >= 4 is 34.6 Å². The summed E-state index contributed by atoms with van der Waals surface area (Å²) >= 11 is 0. The molecule has 0 spiro atoms. The van der Waals surface area contributed by atoms with Crippen molar-refractivity contribution in [2.45, 2.75) is 46.6 Å². The second-order valence-corrected chi connectivity index (χ2v) is 8.88. The lowest BCUT2D eigenvalue weighted by Gasteiger charge is -2.08. The summed E-state index contributed by atoms with van der Waals surface area (Å²) in [7, 11) is 3.36. The number of amides is 2. The van der Waals surface area contributed by atoms with Crippen molar-refractivity contribution in [1.29, 1.82) is 0 Å². The molecule has 2 amide bonds. The maximum absolute atomic E-state index is 12.9. The third kappa shape index (κ3) is 6.99. The Morgan fingerprint density at radius 3 is 2.71 bits per heavy atom. The zero-order chi connectivity index (χ0) is 25.5. The molecule has 3 rings (SSSR count). The van der Waals surface area contributed by atoms with Crippen LogP contribution < -0.4 is 10.9 Å². The molecule has 0 unspecified atom stereocenters. The number of imidazole rings is 1. The fraction of sp³-hybridized carbons (Fsp3) is 0.346. The van der Waals surface area contributed by atoms with Crippen LogP contribution in [0.5, 0.6) is 0 Å². The fourth-order valence-corrected chi connectivity index (χ4v) is 3.51. The number of H-pyrrole nitrogens is 1. The number of hydrogen-bond acceptors (Lipinski definition) is 5. The molecular formula is C26H32N6O3. The van der Waals surface area contributed by atoms with E-state index in [0.29, 0.717) is 18.7 Å². The Morgan fingerprint density at radius 1 is 1.23 bits per heavy atom. The first-order chi connectivity index (χ1) is 16.6. The van der Waals surface area contributed by atoms with Crippen molar-refractivity contribution in [2.24, 2.45) is 0 Å². The quantitative estimate of drug-likeness (QED) is 0.362. The molecule has 0 aliphatic heterocycles. The maximum atomic E-state index is 12.9. The highest BCUT2D eigenvalue weighted by molar-refractivity contribution is 5.90. The molecule has 3 aromatic heterocycles. The van der Waals surface area contributed by atoms with Crippen molar-refractivity contribution in [3.8, 4) is 0 Å². The number of pyridine rings is 2. The first kappa shape index (κ1) is 25.6. The van der Waals surface area contributed by atoms with E-state index in [-0.39, 0.29) is 36.0 Å². The van der Waals surface area contributed by atoms with E-state index in [1.165, 1.54) is 15.5 Å². The Bertz CT molecular complexity index is 1340. The summed E-state index contributed by atoms with van der Waals surface area (Å²) in [6.07, 6.45) is 8.31. The molecule has 0 atom stereocenters. The standard InChI is InChI=1S/C26H32N6O3/c1-17(2)14-20-25-21(15-18(3)27-20)28-22(30-25)16-32-13-9-10-19(26(32)35)29-23(33)11-7-6-8-12-24(34)31(4)5/h8-10,12-15H,6-7,11,16H2,1-5H3,(H,28,30)(H,29,33)/b12-8+. The minimum Gasteiger partial charge on any atom is -0.345 e. The molecule has 0 aromatic carbocycles. The van der Waals surface area contributed by atoms with Gasteiger partial charge in [0.2, 0.25) is 11.8 Å². The first-order valence-electron chi connectivity index (χ1n) is 11.5. The van der Waals surface area contributed by atoms with E-state index in [2.05, 4.69) is 20.3 Å². The molecule has 9 heteroatoms. The number of rotatable bonds is 9. The maximum Gasteiger partial charge on any atom is 0.274 e. The van der Waals surface area contributed by atoms with Gasteiger partial charge in [-0.05, 0) is 64.0 Å². The molecule has 35 heavy (non-hydrogen) atoms. The molecular weight excluding hydrogens is 444 g/mol. The number of carbonyl (C=O) groups excluding carboxylic acids is 2. The normalized spacial score (nSPS) is 11.1. The van der Waals surface area contributed by atoms with Crippen LogP contribution in [0.4, 0.5) is 5.69 Å². The van der Waals surface area contributed by atoms with E-state index in [9.17, 15) is 14.4 Å². The minimum absolute atomic E-state index is 0.0942. The molecule has 3 heterocycles. The Hall–Kier alpha value is -4.01. The van der Waals surface area contributed by atoms with Gasteiger partial charge in [-0.3, -0.25) is 19.4 Å². The topological polar surface area (TPSA) is 113 Å². The molecule has 0 bridgehead atoms. The van der Waals surface area contributed by atoms with Gasteiger partial charge < -0.3 is 19.8 Å². The van der Waals surface area contributed by atoms with Crippen molar-refractivity contribution in [1.82, 2.24) is 24.4 Å². The van der Waals surface area contributed by atoms with Crippen LogP contribution in [0.15, 0.2) is 46.9 Å². The average molecular weight is 477 g/mol. The van der Waals surface area contributed by atoms with E-state index in [1.807, 2.05) is 32.9 Å².